The number of hydrogen-bond acceptors (Lipinski definition) is 5. The molecule has 6 heteroatoms. The van der Waals surface area contributed by atoms with E-state index in [0.717, 1.165) is 12.0 Å². The van der Waals surface area contributed by atoms with E-state index in [0.29, 0.717) is 18.3 Å². The summed E-state index contributed by atoms with van der Waals surface area (Å²) in [5, 5.41) is 5.45. The molecule has 0 saturated heterocycles. The maximum absolute atomic E-state index is 11.1. The molecule has 1 heterocycles. The summed E-state index contributed by atoms with van der Waals surface area (Å²) in [6.07, 6.45) is 3.13. The molecule has 104 valence electrons. The molecule has 0 aliphatic rings. The van der Waals surface area contributed by atoms with Crippen molar-refractivity contribution in [2.45, 2.75) is 38.6 Å². The summed E-state index contributed by atoms with van der Waals surface area (Å²) in [6.45, 7) is 4.07. The zero-order valence-electron chi connectivity index (χ0n) is 11.5. The van der Waals surface area contributed by atoms with Crippen molar-refractivity contribution in [1.82, 2.24) is 15.3 Å². The first kappa shape index (κ1) is 15.1. The molecule has 1 amide bonds. The van der Waals surface area contributed by atoms with Gasteiger partial charge in [0.15, 0.2) is 0 Å². The van der Waals surface area contributed by atoms with Gasteiger partial charge in [0.1, 0.15) is 6.29 Å². The van der Waals surface area contributed by atoms with Crippen LogP contribution in [0.3, 0.4) is 0 Å². The molecule has 0 aliphatic carbocycles. The first-order chi connectivity index (χ1) is 9.06. The second-order valence-electron chi connectivity index (χ2n) is 4.56. The second kappa shape index (κ2) is 7.45. The third-order valence-corrected chi connectivity index (χ3v) is 2.71. The molecule has 1 aromatic heterocycles. The minimum atomic E-state index is -0.459. The number of amides is 1. The van der Waals surface area contributed by atoms with E-state index >= 15 is 0 Å². The predicted molar refractivity (Wildman–Crippen MR) is 72.9 cm³/mol. The lowest BCUT2D eigenvalue weighted by Gasteiger charge is -2.13. The Labute approximate surface area is 113 Å². The number of rotatable bonds is 7. The number of carbonyl (C=O) groups excluding carboxylic acids is 2. The first-order valence-electron chi connectivity index (χ1n) is 6.32. The molecule has 19 heavy (non-hydrogen) atoms. The first-order valence-corrected chi connectivity index (χ1v) is 6.32. The fraction of sp³-hybridized carbons (Fsp3) is 0.538. The largest absolute Gasteiger partial charge is 0.359 e. The van der Waals surface area contributed by atoms with E-state index in [4.69, 9.17) is 0 Å². The predicted octanol–water partition coefficient (Wildman–Crippen LogP) is 1.11. The molecule has 0 spiro atoms. The van der Waals surface area contributed by atoms with Crippen molar-refractivity contribution in [3.05, 3.63) is 18.0 Å². The highest BCUT2D eigenvalue weighted by Gasteiger charge is 2.11. The fourth-order valence-corrected chi connectivity index (χ4v) is 1.52. The summed E-state index contributed by atoms with van der Waals surface area (Å²) in [4.78, 5) is 30.5. The summed E-state index contributed by atoms with van der Waals surface area (Å²) in [6, 6.07) is 1.38. The Bertz CT molecular complexity index is 434. The third-order valence-electron chi connectivity index (χ3n) is 2.71. The van der Waals surface area contributed by atoms with Crippen LogP contribution < -0.4 is 10.6 Å². The van der Waals surface area contributed by atoms with Gasteiger partial charge in [-0.05, 0) is 18.4 Å². The maximum Gasteiger partial charge on any atom is 0.223 e. The molecule has 0 aromatic carbocycles. The van der Waals surface area contributed by atoms with Crippen molar-refractivity contribution in [2.24, 2.45) is 0 Å². The van der Waals surface area contributed by atoms with Gasteiger partial charge in [-0.3, -0.25) is 4.79 Å². The molecule has 1 unspecified atom stereocenters. The average Bonchev–Trinajstić information content (AvgIpc) is 2.43. The Balaban J connectivity index is 2.62. The van der Waals surface area contributed by atoms with Crippen molar-refractivity contribution in [2.75, 3.05) is 12.4 Å². The Morgan fingerprint density at radius 2 is 2.21 bits per heavy atom. The molecule has 0 saturated carbocycles. The summed E-state index contributed by atoms with van der Waals surface area (Å²) in [5.41, 5.74) is 0.911. The van der Waals surface area contributed by atoms with Gasteiger partial charge in [-0.15, -0.1) is 0 Å². The molecule has 2 N–H and O–H groups in total. The monoisotopic (exact) mass is 264 g/mol. The number of nitrogens with one attached hydrogen (secondary N) is 2. The number of aromatic nitrogens is 2. The van der Waals surface area contributed by atoms with Gasteiger partial charge >= 0.3 is 0 Å². The third kappa shape index (κ3) is 5.03. The van der Waals surface area contributed by atoms with Crippen molar-refractivity contribution in [1.29, 1.82) is 0 Å². The maximum atomic E-state index is 11.1. The van der Waals surface area contributed by atoms with Crippen molar-refractivity contribution in [3.63, 3.8) is 0 Å². The highest BCUT2D eigenvalue weighted by atomic mass is 16.1. The van der Waals surface area contributed by atoms with Gasteiger partial charge in [0.25, 0.3) is 0 Å². The second-order valence-corrected chi connectivity index (χ2v) is 4.56. The Hall–Kier alpha value is -1.98. The van der Waals surface area contributed by atoms with E-state index < -0.39 is 6.04 Å². The van der Waals surface area contributed by atoms with Gasteiger partial charge < -0.3 is 15.4 Å². The molecule has 1 aromatic rings. The summed E-state index contributed by atoms with van der Waals surface area (Å²) in [5.74, 6) is 0.620. The van der Waals surface area contributed by atoms with Crippen molar-refractivity contribution >= 4 is 18.1 Å². The van der Waals surface area contributed by atoms with E-state index in [-0.39, 0.29) is 12.3 Å². The zero-order valence-corrected chi connectivity index (χ0v) is 11.5. The van der Waals surface area contributed by atoms with Crippen molar-refractivity contribution in [3.8, 4) is 0 Å². The molecular weight excluding hydrogens is 244 g/mol. The fourth-order valence-electron chi connectivity index (χ4n) is 1.52. The topological polar surface area (TPSA) is 84.0 Å². The molecule has 0 radical (unpaired) electrons. The van der Waals surface area contributed by atoms with Crippen LogP contribution in [0.5, 0.6) is 0 Å². The Kier molecular flexibility index (Phi) is 5.92. The van der Waals surface area contributed by atoms with Crippen LogP contribution in [0.1, 0.15) is 38.3 Å². The standard InChI is InChI=1S/C13H20N4O2/c1-9(2)11-6-7-15-13(17-11)16-10(8-18)4-5-12(19)14-3/h6-10H,4-5H2,1-3H3,(H,14,19)(H,15,16,17). The Morgan fingerprint density at radius 1 is 1.47 bits per heavy atom. The average molecular weight is 264 g/mol. The lowest BCUT2D eigenvalue weighted by Crippen LogP contribution is -2.26. The minimum Gasteiger partial charge on any atom is -0.359 e. The van der Waals surface area contributed by atoms with E-state index in [1.165, 1.54) is 0 Å². The molecule has 6 nitrogen and oxygen atoms in total. The molecule has 0 aliphatic heterocycles. The van der Waals surface area contributed by atoms with Gasteiger partial charge in [0.05, 0.1) is 6.04 Å². The normalized spacial score (nSPS) is 12.0. The van der Waals surface area contributed by atoms with Crippen LogP contribution in [-0.4, -0.2) is 35.3 Å². The van der Waals surface area contributed by atoms with Gasteiger partial charge in [0, 0.05) is 25.4 Å². The van der Waals surface area contributed by atoms with Crippen LogP contribution in [-0.2, 0) is 9.59 Å². The number of aldehydes is 1. The summed E-state index contributed by atoms with van der Waals surface area (Å²) < 4.78 is 0. The van der Waals surface area contributed by atoms with Crippen LogP contribution in [0.4, 0.5) is 5.95 Å². The van der Waals surface area contributed by atoms with E-state index in [1.54, 1.807) is 13.2 Å². The van der Waals surface area contributed by atoms with Gasteiger partial charge in [-0.25, -0.2) is 9.97 Å². The van der Waals surface area contributed by atoms with E-state index in [1.807, 2.05) is 19.9 Å². The molecule has 0 bridgehead atoms. The zero-order chi connectivity index (χ0) is 14.3. The number of carbonyl (C=O) groups is 2. The number of hydrogen-bond donors (Lipinski definition) is 2. The van der Waals surface area contributed by atoms with Crippen LogP contribution >= 0.6 is 0 Å². The molecule has 1 atom stereocenters. The molecule has 0 fully saturated rings. The van der Waals surface area contributed by atoms with Gasteiger partial charge in [0.2, 0.25) is 11.9 Å². The minimum absolute atomic E-state index is 0.0921. The molecule has 1 rings (SSSR count). The highest BCUT2D eigenvalue weighted by molar-refractivity contribution is 5.76. The number of nitrogens with zero attached hydrogens (tertiary/aromatic N) is 2. The van der Waals surface area contributed by atoms with Crippen LogP contribution in [0.15, 0.2) is 12.3 Å². The van der Waals surface area contributed by atoms with Crippen LogP contribution in [0.25, 0.3) is 0 Å². The van der Waals surface area contributed by atoms with Gasteiger partial charge in [-0.2, -0.15) is 0 Å². The SMILES string of the molecule is CNC(=O)CCC(C=O)Nc1nccc(C(C)C)n1. The Morgan fingerprint density at radius 3 is 2.79 bits per heavy atom. The van der Waals surface area contributed by atoms with E-state index in [9.17, 15) is 9.59 Å². The van der Waals surface area contributed by atoms with Crippen LogP contribution in [0, 0.1) is 0 Å². The smallest absolute Gasteiger partial charge is 0.223 e. The van der Waals surface area contributed by atoms with Crippen molar-refractivity contribution < 1.29 is 9.59 Å². The quantitative estimate of drug-likeness (QED) is 0.721. The number of anilines is 1. The van der Waals surface area contributed by atoms with Crippen LogP contribution in [0.2, 0.25) is 0 Å². The van der Waals surface area contributed by atoms with Gasteiger partial charge in [-0.1, -0.05) is 13.8 Å². The summed E-state index contributed by atoms with van der Waals surface area (Å²) in [7, 11) is 1.57. The summed E-state index contributed by atoms with van der Waals surface area (Å²) >= 11 is 0. The van der Waals surface area contributed by atoms with E-state index in [2.05, 4.69) is 20.6 Å². The lowest BCUT2D eigenvalue weighted by molar-refractivity contribution is -0.120. The lowest BCUT2D eigenvalue weighted by atomic mass is 10.1. The highest BCUT2D eigenvalue weighted by Crippen LogP contribution is 2.12. The molecular formula is C13H20N4O2.